The van der Waals surface area contributed by atoms with Crippen LogP contribution in [0.5, 0.6) is 5.88 Å². The normalized spacial score (nSPS) is 11.0. The predicted molar refractivity (Wildman–Crippen MR) is 81.6 cm³/mol. The molecule has 21 heavy (non-hydrogen) atoms. The monoisotopic (exact) mass is 289 g/mol. The number of hydrogen-bond acceptors (Lipinski definition) is 5. The van der Waals surface area contributed by atoms with Gasteiger partial charge in [0.25, 0.3) is 5.69 Å². The first-order valence-corrected chi connectivity index (χ1v) is 6.97. The minimum absolute atomic E-state index is 0.0673. The highest BCUT2D eigenvalue weighted by Crippen LogP contribution is 2.21. The summed E-state index contributed by atoms with van der Waals surface area (Å²) in [6.45, 7) is 5.69. The lowest BCUT2D eigenvalue weighted by atomic mass is 10.2. The van der Waals surface area contributed by atoms with Gasteiger partial charge in [-0.2, -0.15) is 0 Å². The van der Waals surface area contributed by atoms with Crippen molar-refractivity contribution in [2.45, 2.75) is 26.3 Å². The Kier molecular flexibility index (Phi) is 5.05. The molecular formula is C15H19N3O3. The fraction of sp³-hybridized carbons (Fsp3) is 0.400. The van der Waals surface area contributed by atoms with Crippen LogP contribution >= 0.6 is 0 Å². The van der Waals surface area contributed by atoms with E-state index in [-0.39, 0.29) is 5.69 Å². The third-order valence-electron chi connectivity index (χ3n) is 2.98. The van der Waals surface area contributed by atoms with Crippen molar-refractivity contribution in [2.75, 3.05) is 13.2 Å². The van der Waals surface area contributed by atoms with Gasteiger partial charge in [0.2, 0.25) is 5.88 Å². The second-order valence-corrected chi connectivity index (χ2v) is 5.09. The summed E-state index contributed by atoms with van der Waals surface area (Å²) in [7, 11) is 0. The molecule has 0 saturated carbocycles. The molecule has 0 aliphatic heterocycles. The lowest BCUT2D eigenvalue weighted by Gasteiger charge is -2.09. The Bertz CT molecular complexity index is 629. The summed E-state index contributed by atoms with van der Waals surface area (Å²) >= 11 is 0. The van der Waals surface area contributed by atoms with E-state index < -0.39 is 4.92 Å². The number of nitrogens with zero attached hydrogens (tertiary/aromatic N) is 2. The third-order valence-corrected chi connectivity index (χ3v) is 2.98. The smallest absolute Gasteiger partial charge is 0.270 e. The molecule has 1 N–H and O–H groups in total. The maximum atomic E-state index is 10.7. The first-order valence-electron chi connectivity index (χ1n) is 6.97. The fourth-order valence-corrected chi connectivity index (χ4v) is 1.93. The molecule has 0 radical (unpaired) electrons. The average Bonchev–Trinajstić information content (AvgIpc) is 2.45. The zero-order valence-corrected chi connectivity index (χ0v) is 12.2. The molecule has 6 nitrogen and oxygen atoms in total. The minimum atomic E-state index is -0.411. The van der Waals surface area contributed by atoms with Gasteiger partial charge in [-0.15, -0.1) is 0 Å². The molecule has 0 unspecified atom stereocenters. The van der Waals surface area contributed by atoms with Crippen molar-refractivity contribution in [3.05, 3.63) is 40.4 Å². The topological polar surface area (TPSA) is 77.3 Å². The van der Waals surface area contributed by atoms with E-state index in [0.29, 0.717) is 24.0 Å². The van der Waals surface area contributed by atoms with E-state index in [1.807, 2.05) is 0 Å². The number of rotatable bonds is 7. The van der Waals surface area contributed by atoms with Crippen LogP contribution in [0.2, 0.25) is 0 Å². The van der Waals surface area contributed by atoms with E-state index in [2.05, 4.69) is 24.1 Å². The molecule has 2 rings (SSSR count). The second kappa shape index (κ2) is 6.99. The Balaban J connectivity index is 1.96. The van der Waals surface area contributed by atoms with Gasteiger partial charge in [0.1, 0.15) is 0 Å². The predicted octanol–water partition coefficient (Wildman–Crippen LogP) is 2.91. The summed E-state index contributed by atoms with van der Waals surface area (Å²) in [5.74, 6) is 0.543. The number of nitro benzene ring substituents is 1. The van der Waals surface area contributed by atoms with Crippen molar-refractivity contribution in [3.8, 4) is 5.88 Å². The Morgan fingerprint density at radius 1 is 1.33 bits per heavy atom. The van der Waals surface area contributed by atoms with Crippen molar-refractivity contribution in [1.82, 2.24) is 10.3 Å². The van der Waals surface area contributed by atoms with E-state index >= 15 is 0 Å². The van der Waals surface area contributed by atoms with Gasteiger partial charge in [-0.3, -0.25) is 10.1 Å². The van der Waals surface area contributed by atoms with Gasteiger partial charge in [0, 0.05) is 29.6 Å². The van der Waals surface area contributed by atoms with Crippen molar-refractivity contribution in [1.29, 1.82) is 0 Å². The number of nitro groups is 1. The van der Waals surface area contributed by atoms with Crippen molar-refractivity contribution in [3.63, 3.8) is 0 Å². The lowest BCUT2D eigenvalue weighted by molar-refractivity contribution is -0.384. The summed E-state index contributed by atoms with van der Waals surface area (Å²) < 4.78 is 5.59. The van der Waals surface area contributed by atoms with Crippen LogP contribution in [0.1, 0.15) is 20.3 Å². The molecule has 0 saturated heterocycles. The van der Waals surface area contributed by atoms with E-state index in [1.165, 1.54) is 12.1 Å². The van der Waals surface area contributed by atoms with Crippen LogP contribution in [-0.2, 0) is 0 Å². The highest BCUT2D eigenvalue weighted by molar-refractivity contribution is 5.81. The zero-order chi connectivity index (χ0) is 15.2. The maximum Gasteiger partial charge on any atom is 0.270 e. The molecule has 0 atom stereocenters. The van der Waals surface area contributed by atoms with Crippen molar-refractivity contribution in [2.24, 2.45) is 0 Å². The standard InChI is InChI=1S/C15H19N3O3/c1-11(2)16-8-3-9-21-15-7-4-12-10-13(18(19)20)5-6-14(12)17-15/h4-7,10-11,16H,3,8-9H2,1-2H3. The highest BCUT2D eigenvalue weighted by Gasteiger charge is 2.07. The summed E-state index contributed by atoms with van der Waals surface area (Å²) in [6, 6.07) is 8.60. The SMILES string of the molecule is CC(C)NCCCOc1ccc2cc([N+](=O)[O-])ccc2n1. The molecule has 0 fully saturated rings. The van der Waals surface area contributed by atoms with Gasteiger partial charge in [0.15, 0.2) is 0 Å². The third kappa shape index (κ3) is 4.39. The first-order chi connectivity index (χ1) is 10.1. The van der Waals surface area contributed by atoms with Crippen LogP contribution in [0.3, 0.4) is 0 Å². The molecule has 0 aliphatic carbocycles. The fourth-order valence-electron chi connectivity index (χ4n) is 1.93. The molecular weight excluding hydrogens is 270 g/mol. The van der Waals surface area contributed by atoms with E-state index in [4.69, 9.17) is 4.74 Å². The molecule has 6 heteroatoms. The number of aromatic nitrogens is 1. The molecule has 0 spiro atoms. The summed E-state index contributed by atoms with van der Waals surface area (Å²) in [5, 5.41) is 14.8. The summed E-state index contributed by atoms with van der Waals surface area (Å²) in [6.07, 6.45) is 0.901. The minimum Gasteiger partial charge on any atom is -0.478 e. The molecule has 1 aromatic heterocycles. The Hall–Kier alpha value is -2.21. The van der Waals surface area contributed by atoms with Gasteiger partial charge in [-0.05, 0) is 25.1 Å². The molecule has 1 aromatic carbocycles. The molecule has 0 aliphatic rings. The zero-order valence-electron chi connectivity index (χ0n) is 12.2. The van der Waals surface area contributed by atoms with Gasteiger partial charge in [-0.25, -0.2) is 4.98 Å². The number of fused-ring (bicyclic) bond motifs is 1. The van der Waals surface area contributed by atoms with E-state index in [0.717, 1.165) is 18.4 Å². The van der Waals surface area contributed by atoms with Crippen molar-refractivity contribution >= 4 is 16.6 Å². The first kappa shape index (κ1) is 15.2. The van der Waals surface area contributed by atoms with Crippen molar-refractivity contribution < 1.29 is 9.66 Å². The number of nitrogens with one attached hydrogen (secondary N) is 1. The van der Waals surface area contributed by atoms with Gasteiger partial charge < -0.3 is 10.1 Å². The van der Waals surface area contributed by atoms with Crippen LogP contribution in [-0.4, -0.2) is 29.1 Å². The highest BCUT2D eigenvalue weighted by atomic mass is 16.6. The molecule has 112 valence electrons. The van der Waals surface area contributed by atoms with Crippen LogP contribution in [0.4, 0.5) is 5.69 Å². The number of benzene rings is 1. The lowest BCUT2D eigenvalue weighted by Crippen LogP contribution is -2.24. The number of pyridine rings is 1. The quantitative estimate of drug-likeness (QED) is 0.482. The average molecular weight is 289 g/mol. The maximum absolute atomic E-state index is 10.7. The molecule has 0 amide bonds. The second-order valence-electron chi connectivity index (χ2n) is 5.09. The van der Waals surface area contributed by atoms with Gasteiger partial charge in [0.05, 0.1) is 17.0 Å². The largest absolute Gasteiger partial charge is 0.478 e. The van der Waals surface area contributed by atoms with Crippen LogP contribution in [0.25, 0.3) is 10.9 Å². The summed E-state index contributed by atoms with van der Waals surface area (Å²) in [4.78, 5) is 14.6. The Labute approximate surface area is 123 Å². The van der Waals surface area contributed by atoms with E-state index in [9.17, 15) is 10.1 Å². The Morgan fingerprint density at radius 3 is 2.86 bits per heavy atom. The molecule has 2 aromatic rings. The number of hydrogen-bond donors (Lipinski definition) is 1. The van der Waals surface area contributed by atoms with Crippen LogP contribution in [0, 0.1) is 10.1 Å². The Morgan fingerprint density at radius 2 is 2.14 bits per heavy atom. The van der Waals surface area contributed by atoms with Gasteiger partial charge in [-0.1, -0.05) is 13.8 Å². The van der Waals surface area contributed by atoms with Gasteiger partial charge >= 0.3 is 0 Å². The van der Waals surface area contributed by atoms with E-state index in [1.54, 1.807) is 18.2 Å². The van der Waals surface area contributed by atoms with Crippen LogP contribution < -0.4 is 10.1 Å². The molecule has 0 bridgehead atoms. The van der Waals surface area contributed by atoms with Crippen LogP contribution in [0.15, 0.2) is 30.3 Å². The molecule has 1 heterocycles. The summed E-state index contributed by atoms with van der Waals surface area (Å²) in [5.41, 5.74) is 0.760. The number of ether oxygens (including phenoxy) is 1. The number of non-ortho nitro benzene ring substituents is 1.